The van der Waals surface area contributed by atoms with Crippen LogP contribution in [0.2, 0.25) is 0 Å². The molecule has 3 rings (SSSR count). The molecule has 1 saturated heterocycles. The molecule has 0 radical (unpaired) electrons. The number of nitrogens with zero attached hydrogens (tertiary/aromatic N) is 2. The molecule has 1 aliphatic rings. The lowest BCUT2D eigenvalue weighted by atomic mass is 10.1. The van der Waals surface area contributed by atoms with Crippen molar-refractivity contribution in [2.75, 3.05) is 31.5 Å². The summed E-state index contributed by atoms with van der Waals surface area (Å²) < 4.78 is 0. The van der Waals surface area contributed by atoms with Crippen LogP contribution in [-0.2, 0) is 0 Å². The topological polar surface area (TPSA) is 28.2 Å². The highest BCUT2D eigenvalue weighted by atomic mass is 15.1. The summed E-state index contributed by atoms with van der Waals surface area (Å²) in [4.78, 5) is 7.15. The van der Waals surface area contributed by atoms with Crippen molar-refractivity contribution < 1.29 is 0 Å². The summed E-state index contributed by atoms with van der Waals surface area (Å²) in [5.74, 6) is 0. The van der Waals surface area contributed by atoms with Gasteiger partial charge in [-0.3, -0.25) is 4.98 Å². The molecule has 2 aromatic rings. The van der Waals surface area contributed by atoms with Crippen molar-refractivity contribution >= 4 is 16.6 Å². The smallest absolute Gasteiger partial charge is 0.0725 e. The highest BCUT2D eigenvalue weighted by Gasteiger charge is 2.10. The van der Waals surface area contributed by atoms with Crippen molar-refractivity contribution in [2.45, 2.75) is 26.2 Å². The number of likely N-dealkylation sites (tertiary alicyclic amines) is 1. The fourth-order valence-electron chi connectivity index (χ4n) is 2.99. The number of nitrogens with one attached hydrogen (secondary N) is 1. The fraction of sp³-hybridized carbons (Fsp3) is 0.471. The van der Waals surface area contributed by atoms with Gasteiger partial charge >= 0.3 is 0 Å². The van der Waals surface area contributed by atoms with Gasteiger partial charge in [-0.25, -0.2) is 0 Å². The first kappa shape index (κ1) is 13.4. The fourth-order valence-corrected chi connectivity index (χ4v) is 2.99. The maximum Gasteiger partial charge on any atom is 0.0725 e. The molecule has 1 N–H and O–H groups in total. The number of benzene rings is 1. The number of anilines is 1. The molecule has 1 aromatic carbocycles. The molecular weight excluding hydrogens is 246 g/mol. The highest BCUT2D eigenvalue weighted by Crippen LogP contribution is 2.22. The first-order valence-electron chi connectivity index (χ1n) is 7.65. The van der Waals surface area contributed by atoms with E-state index in [9.17, 15) is 0 Å². The van der Waals surface area contributed by atoms with Gasteiger partial charge in [-0.15, -0.1) is 0 Å². The molecule has 1 aromatic heterocycles. The van der Waals surface area contributed by atoms with E-state index in [2.05, 4.69) is 46.4 Å². The average Bonchev–Trinajstić information content (AvgIpc) is 2.96. The van der Waals surface area contributed by atoms with Crippen LogP contribution in [0.3, 0.4) is 0 Å². The number of rotatable bonds is 5. The first-order valence-corrected chi connectivity index (χ1v) is 7.65. The number of hydrogen-bond donors (Lipinski definition) is 1. The van der Waals surface area contributed by atoms with Crippen LogP contribution in [0.5, 0.6) is 0 Å². The maximum atomic E-state index is 4.58. The van der Waals surface area contributed by atoms with Gasteiger partial charge in [-0.2, -0.15) is 0 Å². The Morgan fingerprint density at radius 1 is 1.20 bits per heavy atom. The minimum atomic E-state index is 1.03. The predicted molar refractivity (Wildman–Crippen MR) is 85.3 cm³/mol. The summed E-state index contributed by atoms with van der Waals surface area (Å²) in [6.07, 6.45) is 3.96. The Bertz CT molecular complexity index is 573. The van der Waals surface area contributed by atoms with Gasteiger partial charge in [0.1, 0.15) is 0 Å². The normalized spacial score (nSPS) is 15.8. The molecule has 0 atom stereocenters. The van der Waals surface area contributed by atoms with Crippen molar-refractivity contribution in [3.05, 3.63) is 36.0 Å². The van der Waals surface area contributed by atoms with Crippen LogP contribution < -0.4 is 5.32 Å². The Labute approximate surface area is 121 Å². The van der Waals surface area contributed by atoms with Crippen molar-refractivity contribution in [3.63, 3.8) is 0 Å². The molecule has 2 heterocycles. The van der Waals surface area contributed by atoms with E-state index in [4.69, 9.17) is 0 Å². The summed E-state index contributed by atoms with van der Waals surface area (Å²) in [5.41, 5.74) is 3.37. The van der Waals surface area contributed by atoms with E-state index in [-0.39, 0.29) is 0 Å². The van der Waals surface area contributed by atoms with Crippen molar-refractivity contribution in [1.29, 1.82) is 0 Å². The van der Waals surface area contributed by atoms with Crippen LogP contribution in [0.25, 0.3) is 10.9 Å². The van der Waals surface area contributed by atoms with E-state index < -0.39 is 0 Å². The van der Waals surface area contributed by atoms with Gasteiger partial charge in [-0.1, -0.05) is 18.2 Å². The van der Waals surface area contributed by atoms with Gasteiger partial charge in [0.15, 0.2) is 0 Å². The zero-order valence-corrected chi connectivity index (χ0v) is 12.2. The van der Waals surface area contributed by atoms with Gasteiger partial charge in [0.25, 0.3) is 0 Å². The number of hydrogen-bond acceptors (Lipinski definition) is 3. The predicted octanol–water partition coefficient (Wildman–Crippen LogP) is 3.44. The summed E-state index contributed by atoms with van der Waals surface area (Å²) in [5, 5.41) is 4.81. The molecule has 0 unspecified atom stereocenters. The third-order valence-electron chi connectivity index (χ3n) is 4.01. The van der Waals surface area contributed by atoms with Crippen LogP contribution in [0.4, 0.5) is 5.69 Å². The van der Waals surface area contributed by atoms with E-state index in [1.165, 1.54) is 50.0 Å². The van der Waals surface area contributed by atoms with E-state index in [0.717, 1.165) is 17.8 Å². The van der Waals surface area contributed by atoms with Gasteiger partial charge in [0, 0.05) is 23.3 Å². The number of fused-ring (bicyclic) bond motifs is 1. The number of pyridine rings is 1. The second-order valence-electron chi connectivity index (χ2n) is 5.66. The summed E-state index contributed by atoms with van der Waals surface area (Å²) in [6, 6.07) is 10.5. The minimum Gasteiger partial charge on any atom is -0.384 e. The lowest BCUT2D eigenvalue weighted by Gasteiger charge is -2.15. The Morgan fingerprint density at radius 3 is 2.85 bits per heavy atom. The van der Waals surface area contributed by atoms with Crippen LogP contribution in [0.1, 0.15) is 25.0 Å². The van der Waals surface area contributed by atoms with Gasteiger partial charge < -0.3 is 10.2 Å². The second-order valence-corrected chi connectivity index (χ2v) is 5.66. The molecule has 0 amide bonds. The van der Waals surface area contributed by atoms with Crippen molar-refractivity contribution in [1.82, 2.24) is 9.88 Å². The monoisotopic (exact) mass is 269 g/mol. The standard InChI is InChI=1S/C17H23N3/c1-14-13-17(15-7-2-3-8-16(15)19-14)18-9-6-12-20-10-4-5-11-20/h2-3,7-8,13H,4-6,9-12H2,1H3,(H,18,19). The minimum absolute atomic E-state index is 1.03. The zero-order chi connectivity index (χ0) is 13.8. The Hall–Kier alpha value is -1.61. The largest absolute Gasteiger partial charge is 0.384 e. The SMILES string of the molecule is Cc1cc(NCCCN2CCCC2)c2ccccc2n1. The van der Waals surface area contributed by atoms with Crippen molar-refractivity contribution in [2.24, 2.45) is 0 Å². The average molecular weight is 269 g/mol. The quantitative estimate of drug-likeness (QED) is 0.843. The van der Waals surface area contributed by atoms with E-state index in [0.29, 0.717) is 0 Å². The Kier molecular flexibility index (Phi) is 4.16. The second kappa shape index (κ2) is 6.23. The van der Waals surface area contributed by atoms with Crippen LogP contribution in [0.15, 0.2) is 30.3 Å². The lowest BCUT2D eigenvalue weighted by Crippen LogP contribution is -2.22. The first-order chi connectivity index (χ1) is 9.83. The van der Waals surface area contributed by atoms with Gasteiger partial charge in [0.05, 0.1) is 5.52 Å². The lowest BCUT2D eigenvalue weighted by molar-refractivity contribution is 0.337. The van der Waals surface area contributed by atoms with Crippen LogP contribution >= 0.6 is 0 Å². The number of para-hydroxylation sites is 1. The number of aromatic nitrogens is 1. The molecule has 1 aliphatic heterocycles. The Balaban J connectivity index is 1.61. The summed E-state index contributed by atoms with van der Waals surface area (Å²) in [7, 11) is 0. The van der Waals surface area contributed by atoms with Gasteiger partial charge in [-0.05, 0) is 58.0 Å². The van der Waals surface area contributed by atoms with E-state index >= 15 is 0 Å². The zero-order valence-electron chi connectivity index (χ0n) is 12.2. The molecule has 3 heteroatoms. The van der Waals surface area contributed by atoms with Gasteiger partial charge in [0.2, 0.25) is 0 Å². The molecular formula is C17H23N3. The summed E-state index contributed by atoms with van der Waals surface area (Å²) >= 11 is 0. The summed E-state index contributed by atoms with van der Waals surface area (Å²) in [6.45, 7) is 6.88. The van der Waals surface area contributed by atoms with Crippen LogP contribution in [-0.4, -0.2) is 36.1 Å². The van der Waals surface area contributed by atoms with E-state index in [1.807, 2.05) is 6.07 Å². The van der Waals surface area contributed by atoms with Crippen LogP contribution in [0, 0.1) is 6.92 Å². The molecule has 0 saturated carbocycles. The highest BCUT2D eigenvalue weighted by molar-refractivity contribution is 5.91. The Morgan fingerprint density at radius 2 is 2.00 bits per heavy atom. The molecule has 0 aliphatic carbocycles. The molecule has 0 bridgehead atoms. The molecule has 3 nitrogen and oxygen atoms in total. The number of aryl methyl sites for hydroxylation is 1. The molecule has 20 heavy (non-hydrogen) atoms. The third-order valence-corrected chi connectivity index (χ3v) is 4.01. The molecule has 0 spiro atoms. The third kappa shape index (κ3) is 3.10. The van der Waals surface area contributed by atoms with E-state index in [1.54, 1.807) is 0 Å². The molecule has 106 valence electrons. The maximum absolute atomic E-state index is 4.58. The molecule has 1 fully saturated rings. The van der Waals surface area contributed by atoms with Crippen molar-refractivity contribution in [3.8, 4) is 0 Å².